The number of nitrogens with zero attached hydrogens (tertiary/aromatic N) is 8. The maximum Gasteiger partial charge on any atom is 0.228 e. The van der Waals surface area contributed by atoms with E-state index in [-0.39, 0.29) is 36.5 Å². The average Bonchev–Trinajstić information content (AvgIpc) is 0.817. The number of rotatable bonds is 23. The Labute approximate surface area is 535 Å². The number of hydrogen-bond donors (Lipinski definition) is 4. The van der Waals surface area contributed by atoms with Gasteiger partial charge in [0.25, 0.3) is 0 Å². The first kappa shape index (κ1) is 63.6. The van der Waals surface area contributed by atoms with Gasteiger partial charge in [0.05, 0.1) is 52.2 Å². The molecule has 0 radical (unpaired) electrons. The summed E-state index contributed by atoms with van der Waals surface area (Å²) < 4.78 is 21.9. The Balaban J connectivity index is 0.000000187. The zero-order valence-corrected chi connectivity index (χ0v) is 53.5. The van der Waals surface area contributed by atoms with Crippen LogP contribution in [0.3, 0.4) is 0 Å². The van der Waals surface area contributed by atoms with Gasteiger partial charge in [0.15, 0.2) is 11.5 Å². The second kappa shape index (κ2) is 30.7. The molecule has 4 aliphatic rings. The van der Waals surface area contributed by atoms with Gasteiger partial charge in [-0.15, -0.1) is 0 Å². The first-order chi connectivity index (χ1) is 44.5. The van der Waals surface area contributed by atoms with E-state index in [9.17, 15) is 9.59 Å². The number of methoxy groups -OCH3 is 3. The maximum absolute atomic E-state index is 13.0. The van der Waals surface area contributed by atoms with Crippen molar-refractivity contribution in [2.24, 2.45) is 0 Å². The first-order valence-electron chi connectivity index (χ1n) is 32.0. The summed E-state index contributed by atoms with van der Waals surface area (Å²) in [6, 6.07) is 44.7. The predicted octanol–water partition coefficient (Wildman–Crippen LogP) is 10.5. The molecule has 0 spiro atoms. The SMILES string of the molecule is CCOc1ccccc1CC(=O)Nc1ccc(C2Cc3cnc(NCCCN4CCN(C)CC4)nc3-c3ccccc32)cc1.COc1cc(CC(=O)Nc2ccc(C3Cc4cnc(NCCCN5CCN(C)CC5)nc4-c4ccccc43)cc2)cc(OC)c1OC. The van der Waals surface area contributed by atoms with Crippen LogP contribution >= 0.6 is 0 Å². The highest BCUT2D eigenvalue weighted by Crippen LogP contribution is 2.44. The normalized spacial score (nSPS) is 16.3. The summed E-state index contributed by atoms with van der Waals surface area (Å²) in [6.07, 6.45) is 8.16. The minimum absolute atomic E-state index is 0.0669. The van der Waals surface area contributed by atoms with E-state index in [1.54, 1.807) is 33.5 Å². The Morgan fingerprint density at radius 2 is 0.978 bits per heavy atom. The summed E-state index contributed by atoms with van der Waals surface area (Å²) in [5.41, 5.74) is 14.7. The smallest absolute Gasteiger partial charge is 0.228 e. The van der Waals surface area contributed by atoms with Gasteiger partial charge in [0.2, 0.25) is 29.5 Å². The molecule has 2 aliphatic carbocycles. The third-order valence-electron chi connectivity index (χ3n) is 17.7. The number of hydrogen-bond acceptors (Lipinski definition) is 16. The topological polar surface area (TPSA) is 184 Å². The van der Waals surface area contributed by atoms with E-state index >= 15 is 0 Å². The summed E-state index contributed by atoms with van der Waals surface area (Å²) in [7, 11) is 9.06. The quantitative estimate of drug-likeness (QED) is 0.0443. The van der Waals surface area contributed by atoms with Crippen molar-refractivity contribution in [1.82, 2.24) is 39.5 Å². The summed E-state index contributed by atoms with van der Waals surface area (Å²) in [5.74, 6) is 3.81. The molecule has 2 atom stereocenters. The van der Waals surface area contributed by atoms with Crippen LogP contribution in [0.1, 0.15) is 76.1 Å². The molecule has 18 heteroatoms. The average molecular weight is 1230 g/mol. The molecule has 18 nitrogen and oxygen atoms in total. The molecule has 2 unspecified atom stereocenters. The molecular formula is C73H86N12O6. The maximum atomic E-state index is 13.0. The molecule has 91 heavy (non-hydrogen) atoms. The van der Waals surface area contributed by atoms with Crippen LogP contribution in [0, 0.1) is 0 Å². The van der Waals surface area contributed by atoms with Gasteiger partial charge < -0.3 is 59.8 Å². The Morgan fingerprint density at radius 1 is 0.527 bits per heavy atom. The summed E-state index contributed by atoms with van der Waals surface area (Å²) in [6.45, 7) is 15.5. The number of anilines is 4. The van der Waals surface area contributed by atoms with Gasteiger partial charge in [-0.05, 0) is 141 Å². The number of carbonyl (C=O) groups excluding carboxylic acids is 2. The van der Waals surface area contributed by atoms with Crippen LogP contribution in [0.15, 0.2) is 146 Å². The number of nitrogens with one attached hydrogen (secondary N) is 4. The Morgan fingerprint density at radius 3 is 1.44 bits per heavy atom. The highest BCUT2D eigenvalue weighted by atomic mass is 16.5. The fraction of sp³-hybridized carbons (Fsp3) is 0.370. The Bertz CT molecular complexity index is 3710. The van der Waals surface area contributed by atoms with Gasteiger partial charge >= 0.3 is 0 Å². The lowest BCUT2D eigenvalue weighted by Crippen LogP contribution is -2.44. The first-order valence-corrected chi connectivity index (χ1v) is 32.0. The molecule has 12 rings (SSSR count). The van der Waals surface area contributed by atoms with E-state index < -0.39 is 0 Å². The number of benzene rings is 6. The molecule has 4 N–H and O–H groups in total. The van der Waals surface area contributed by atoms with E-state index in [0.717, 1.165) is 166 Å². The van der Waals surface area contributed by atoms with E-state index in [4.69, 9.17) is 28.9 Å². The van der Waals surface area contributed by atoms with Gasteiger partial charge in [-0.25, -0.2) is 19.9 Å². The van der Waals surface area contributed by atoms with Crippen molar-refractivity contribution in [3.63, 3.8) is 0 Å². The molecule has 0 bridgehead atoms. The van der Waals surface area contributed by atoms with Gasteiger partial charge in [0.1, 0.15) is 5.75 Å². The summed E-state index contributed by atoms with van der Waals surface area (Å²) in [5, 5.41) is 13.0. The number of carbonyl (C=O) groups is 2. The van der Waals surface area contributed by atoms with Crippen LogP contribution < -0.4 is 40.2 Å². The third kappa shape index (κ3) is 16.2. The van der Waals surface area contributed by atoms with Crippen molar-refractivity contribution >= 4 is 35.1 Å². The predicted molar refractivity (Wildman–Crippen MR) is 361 cm³/mol. The summed E-state index contributed by atoms with van der Waals surface area (Å²) in [4.78, 5) is 55.0. The molecule has 6 aromatic carbocycles. The van der Waals surface area contributed by atoms with Crippen LogP contribution in [0.5, 0.6) is 23.0 Å². The van der Waals surface area contributed by atoms with Crippen molar-refractivity contribution in [3.05, 3.63) is 190 Å². The van der Waals surface area contributed by atoms with Crippen molar-refractivity contribution in [2.75, 3.05) is 142 Å². The molecule has 2 amide bonds. The van der Waals surface area contributed by atoms with Gasteiger partial charge in [-0.2, -0.15) is 0 Å². The Kier molecular flexibility index (Phi) is 21.5. The van der Waals surface area contributed by atoms with E-state index in [0.29, 0.717) is 35.8 Å². The van der Waals surface area contributed by atoms with Crippen molar-refractivity contribution < 1.29 is 28.5 Å². The van der Waals surface area contributed by atoms with Crippen LogP contribution in [0.2, 0.25) is 0 Å². The fourth-order valence-corrected chi connectivity index (χ4v) is 12.7. The largest absolute Gasteiger partial charge is 0.494 e. The van der Waals surface area contributed by atoms with Crippen LogP contribution in [0.4, 0.5) is 23.3 Å². The van der Waals surface area contributed by atoms with Crippen molar-refractivity contribution in [2.45, 2.75) is 57.3 Å². The molecule has 8 aromatic rings. The zero-order chi connectivity index (χ0) is 63.1. The lowest BCUT2D eigenvalue weighted by Gasteiger charge is -2.32. The minimum atomic E-state index is -0.134. The lowest BCUT2D eigenvalue weighted by atomic mass is 9.78. The second-order valence-corrected chi connectivity index (χ2v) is 23.9. The number of aromatic nitrogens is 4. The third-order valence-corrected chi connectivity index (χ3v) is 17.7. The van der Waals surface area contributed by atoms with Crippen LogP contribution in [0.25, 0.3) is 22.5 Å². The van der Waals surface area contributed by atoms with Crippen molar-refractivity contribution in [3.8, 4) is 45.5 Å². The highest BCUT2D eigenvalue weighted by molar-refractivity contribution is 5.93. The zero-order valence-electron chi connectivity index (χ0n) is 53.5. The fourth-order valence-electron chi connectivity index (χ4n) is 12.7. The molecule has 474 valence electrons. The van der Waals surface area contributed by atoms with E-state index in [1.807, 2.05) is 67.8 Å². The highest BCUT2D eigenvalue weighted by Gasteiger charge is 2.30. The second-order valence-electron chi connectivity index (χ2n) is 23.9. The van der Waals surface area contributed by atoms with Crippen LogP contribution in [-0.4, -0.2) is 172 Å². The molecule has 2 saturated heterocycles. The monoisotopic (exact) mass is 1230 g/mol. The lowest BCUT2D eigenvalue weighted by molar-refractivity contribution is -0.116. The Hall–Kier alpha value is -8.94. The van der Waals surface area contributed by atoms with E-state index in [1.165, 1.54) is 22.3 Å². The minimum Gasteiger partial charge on any atom is -0.494 e. The molecular weight excluding hydrogens is 1140 g/mol. The summed E-state index contributed by atoms with van der Waals surface area (Å²) >= 11 is 0. The molecule has 4 heterocycles. The molecule has 2 fully saturated rings. The standard InChI is InChI=1S/C37H44N6O4.C36H42N6O2/c1-42-16-18-43(19-17-42)15-7-14-38-37-39-24-27-23-31(29-8-5-6-9-30(29)35(27)41-37)26-10-12-28(13-11-26)40-34(44)22-25-20-32(45-2)36(47-4)33(21-25)46-3;1-3-44-33-12-7-4-9-27(33)24-34(43)39-29-15-13-26(14-16-29)32-23-28-25-38-36(40-35(28)31-11-6-5-10-30(31)32)37-17-8-18-42-21-19-41(2)20-22-42/h5-6,8-13,20-21,24,31H,7,14-19,22-23H2,1-4H3,(H,40,44)(H,38,39,41);4-7,9-16,25,32H,3,8,17-24H2,1-2H3,(H,39,43)(H,37,38,40). The van der Waals surface area contributed by atoms with E-state index in [2.05, 4.69) is 138 Å². The van der Waals surface area contributed by atoms with Gasteiger partial charge in [-0.3, -0.25) is 9.59 Å². The van der Waals surface area contributed by atoms with Crippen molar-refractivity contribution in [1.29, 1.82) is 0 Å². The number of para-hydroxylation sites is 1. The number of ether oxygens (including phenoxy) is 4. The number of fused-ring (bicyclic) bond motifs is 6. The molecule has 0 saturated carbocycles. The van der Waals surface area contributed by atoms with Crippen LogP contribution in [-0.2, 0) is 35.3 Å². The molecule has 2 aliphatic heterocycles. The number of amides is 2. The number of piperazine rings is 2. The molecule has 2 aromatic heterocycles. The number of likely N-dealkylation sites (N-methyl/N-ethyl adjacent to an activating group) is 2. The van der Waals surface area contributed by atoms with Gasteiger partial charge in [0, 0.05) is 118 Å². The van der Waals surface area contributed by atoms with Gasteiger partial charge in [-0.1, -0.05) is 91.0 Å².